The molecule has 0 heterocycles. The summed E-state index contributed by atoms with van der Waals surface area (Å²) < 4.78 is 50.1. The van der Waals surface area contributed by atoms with Gasteiger partial charge in [0.1, 0.15) is 24.8 Å². The Hall–Kier alpha value is -4.34. The highest BCUT2D eigenvalue weighted by Crippen LogP contribution is 2.31. The number of benzene rings is 3. The molecule has 0 radical (unpaired) electrons. The van der Waals surface area contributed by atoms with Crippen LogP contribution in [0.5, 0.6) is 0 Å². The highest BCUT2D eigenvalue weighted by Gasteiger charge is 2.43. The lowest BCUT2D eigenvalue weighted by Crippen LogP contribution is -2.59. The summed E-state index contributed by atoms with van der Waals surface area (Å²) in [5.74, 6) is -3.85. The minimum atomic E-state index is -4.70. The third kappa shape index (κ3) is 10.6. The summed E-state index contributed by atoms with van der Waals surface area (Å²) in [4.78, 5) is 40.2. The molecular weight excluding hydrogens is 659 g/mol. The number of carbonyl (C=O) groups excluding carboxylic acids is 3. The Bertz CT molecular complexity index is 1560. The number of aliphatic hydroxyl groups is 3. The summed E-state index contributed by atoms with van der Waals surface area (Å²) in [6, 6.07) is 21.9. The molecule has 50 heavy (non-hydrogen) atoms. The first kappa shape index (κ1) is 38.5. The van der Waals surface area contributed by atoms with E-state index in [-0.39, 0.29) is 19.6 Å². The van der Waals surface area contributed by atoms with Gasteiger partial charge in [0.15, 0.2) is 12.2 Å². The highest BCUT2D eigenvalue weighted by molar-refractivity contribution is 5.90. The molecule has 0 bridgehead atoms. The number of amides is 3. The van der Waals surface area contributed by atoms with Gasteiger partial charge in [0.25, 0.3) is 11.8 Å². The Kier molecular flexibility index (Phi) is 13.5. The maximum atomic E-state index is 13.8. The predicted molar refractivity (Wildman–Crippen MR) is 175 cm³/mol. The third-order valence-corrected chi connectivity index (χ3v) is 8.24. The predicted octanol–water partition coefficient (Wildman–Crippen LogP) is 2.47. The zero-order chi connectivity index (χ0) is 36.4. The van der Waals surface area contributed by atoms with Crippen molar-refractivity contribution in [3.63, 3.8) is 0 Å². The number of fused-ring (bicyclic) bond motifs is 1. The molecule has 0 spiro atoms. The smallest absolute Gasteiger partial charge is 0.390 e. The Morgan fingerprint density at radius 1 is 0.780 bits per heavy atom. The number of alkyl halides is 3. The number of rotatable bonds is 16. The van der Waals surface area contributed by atoms with Gasteiger partial charge in [-0.1, -0.05) is 98.8 Å². The van der Waals surface area contributed by atoms with Gasteiger partial charge in [0, 0.05) is 6.42 Å². The van der Waals surface area contributed by atoms with Crippen molar-refractivity contribution < 1.29 is 52.3 Å². The van der Waals surface area contributed by atoms with Gasteiger partial charge in [0.05, 0.1) is 25.4 Å². The summed E-state index contributed by atoms with van der Waals surface area (Å²) >= 11 is 0. The van der Waals surface area contributed by atoms with E-state index in [2.05, 4.69) is 10.6 Å². The molecule has 4 rings (SSSR count). The molecule has 0 saturated heterocycles. The first-order valence-corrected chi connectivity index (χ1v) is 16.1. The molecule has 0 fully saturated rings. The van der Waals surface area contributed by atoms with Crippen molar-refractivity contribution in [2.75, 3.05) is 6.54 Å². The highest BCUT2D eigenvalue weighted by atomic mass is 19.4. The van der Waals surface area contributed by atoms with Crippen LogP contribution in [0.1, 0.15) is 42.1 Å². The summed E-state index contributed by atoms with van der Waals surface area (Å²) in [6.45, 7) is 0.911. The van der Waals surface area contributed by atoms with E-state index in [1.165, 1.54) is 13.8 Å². The van der Waals surface area contributed by atoms with Crippen molar-refractivity contribution in [1.29, 1.82) is 0 Å². The zero-order valence-corrected chi connectivity index (χ0v) is 27.5. The molecule has 7 atom stereocenters. The van der Waals surface area contributed by atoms with Crippen LogP contribution in [0.2, 0.25) is 0 Å². The average molecular weight is 702 g/mol. The molecule has 1 aliphatic rings. The molecule has 270 valence electrons. The van der Waals surface area contributed by atoms with E-state index >= 15 is 0 Å². The SMILES string of the molecule is CC(C)[C@H](NC(=O)[C@H](OCc1ccccc1)[C@H](O)[C@@H](O)[C@@H](OCc1ccccc1)C(=O)N[C@H]1c2ccccc2C[C@H]1O)C(=O)NCC(F)(F)F. The molecule has 0 aromatic heterocycles. The number of nitrogens with one attached hydrogen (secondary N) is 3. The zero-order valence-electron chi connectivity index (χ0n) is 27.5. The molecule has 11 nitrogen and oxygen atoms in total. The molecule has 0 aliphatic heterocycles. The van der Waals surface area contributed by atoms with Crippen LogP contribution >= 0.6 is 0 Å². The number of halogens is 3. The molecule has 3 amide bonds. The van der Waals surface area contributed by atoms with Crippen LogP contribution < -0.4 is 16.0 Å². The van der Waals surface area contributed by atoms with Crippen molar-refractivity contribution in [1.82, 2.24) is 16.0 Å². The molecule has 1 aliphatic carbocycles. The van der Waals surface area contributed by atoms with Gasteiger partial charge in [0.2, 0.25) is 5.91 Å². The molecule has 0 saturated carbocycles. The van der Waals surface area contributed by atoms with E-state index in [1.54, 1.807) is 84.2 Å². The van der Waals surface area contributed by atoms with Crippen molar-refractivity contribution in [3.8, 4) is 0 Å². The molecule has 0 unspecified atom stereocenters. The van der Waals surface area contributed by atoms with E-state index in [0.717, 1.165) is 5.56 Å². The van der Waals surface area contributed by atoms with Gasteiger partial charge in [-0.2, -0.15) is 13.2 Å². The Labute approximate surface area is 287 Å². The van der Waals surface area contributed by atoms with Crippen LogP contribution in [0.15, 0.2) is 84.9 Å². The summed E-state index contributed by atoms with van der Waals surface area (Å²) in [5.41, 5.74) is 2.67. The minimum Gasteiger partial charge on any atom is -0.390 e. The van der Waals surface area contributed by atoms with Crippen LogP contribution in [-0.2, 0) is 43.5 Å². The first-order valence-electron chi connectivity index (χ1n) is 16.1. The van der Waals surface area contributed by atoms with Crippen molar-refractivity contribution in [3.05, 3.63) is 107 Å². The van der Waals surface area contributed by atoms with Crippen LogP contribution in [0.4, 0.5) is 13.2 Å². The standard InChI is InChI=1S/C36H42F3N3O8/c1-21(2)27(33(46)40-20-36(37,38)39)41-34(47)31(49-18-22-11-5-3-6-12-22)29(44)30(45)32(50-19-23-13-7-4-8-14-23)35(48)42-28-25-16-10-9-15-24(25)17-26(28)43/h3-16,21,26-32,43-45H,17-20H2,1-2H3,(H,40,46)(H,41,47)(H,42,48)/t26-,27+,28+,29-,30-,31-,32-/m1/s1. The lowest BCUT2D eigenvalue weighted by molar-refractivity contribution is -0.171. The van der Waals surface area contributed by atoms with Gasteiger partial charge in [-0.25, -0.2) is 0 Å². The largest absolute Gasteiger partial charge is 0.405 e. The Morgan fingerprint density at radius 3 is 1.80 bits per heavy atom. The maximum absolute atomic E-state index is 13.8. The van der Waals surface area contributed by atoms with Crippen molar-refractivity contribution in [2.24, 2.45) is 5.92 Å². The van der Waals surface area contributed by atoms with E-state index in [0.29, 0.717) is 16.7 Å². The van der Waals surface area contributed by atoms with E-state index in [1.807, 2.05) is 6.07 Å². The maximum Gasteiger partial charge on any atom is 0.405 e. The second-order valence-electron chi connectivity index (χ2n) is 12.4. The van der Waals surface area contributed by atoms with Gasteiger partial charge in [-0.05, 0) is 28.2 Å². The number of ether oxygens (including phenoxy) is 2. The molecule has 6 N–H and O–H groups in total. The Balaban J connectivity index is 1.60. The van der Waals surface area contributed by atoms with Gasteiger partial charge < -0.3 is 40.7 Å². The lowest BCUT2D eigenvalue weighted by atomic mass is 9.98. The first-order chi connectivity index (χ1) is 23.7. The van der Waals surface area contributed by atoms with Gasteiger partial charge >= 0.3 is 6.18 Å². The second kappa shape index (κ2) is 17.5. The molecule has 3 aromatic carbocycles. The number of hydrogen-bond acceptors (Lipinski definition) is 8. The molecule has 14 heteroatoms. The fourth-order valence-corrected chi connectivity index (χ4v) is 5.59. The fraction of sp³-hybridized carbons (Fsp3) is 0.417. The van der Waals surface area contributed by atoms with Crippen LogP contribution in [0.3, 0.4) is 0 Å². The van der Waals surface area contributed by atoms with Gasteiger partial charge in [-0.3, -0.25) is 14.4 Å². The monoisotopic (exact) mass is 701 g/mol. The van der Waals surface area contributed by atoms with Gasteiger partial charge in [-0.15, -0.1) is 0 Å². The van der Waals surface area contributed by atoms with E-state index in [9.17, 15) is 42.9 Å². The van der Waals surface area contributed by atoms with Crippen LogP contribution in [-0.4, -0.2) is 82.3 Å². The lowest BCUT2D eigenvalue weighted by Gasteiger charge is -2.32. The van der Waals surface area contributed by atoms with Crippen molar-refractivity contribution in [2.45, 2.75) is 82.3 Å². The number of hydrogen-bond donors (Lipinski definition) is 6. The van der Waals surface area contributed by atoms with Crippen molar-refractivity contribution >= 4 is 17.7 Å². The number of carbonyl (C=O) groups is 3. The topological polar surface area (TPSA) is 166 Å². The molecular formula is C36H42F3N3O8. The minimum absolute atomic E-state index is 0.191. The van der Waals surface area contributed by atoms with Crippen LogP contribution in [0, 0.1) is 5.92 Å². The average Bonchev–Trinajstić information content (AvgIpc) is 3.40. The van der Waals surface area contributed by atoms with E-state index < -0.39 is 79.0 Å². The fourth-order valence-electron chi connectivity index (χ4n) is 5.59. The summed E-state index contributed by atoms with van der Waals surface area (Å²) in [6.07, 6.45) is -13.4. The van der Waals surface area contributed by atoms with E-state index in [4.69, 9.17) is 9.47 Å². The third-order valence-electron chi connectivity index (χ3n) is 8.24. The summed E-state index contributed by atoms with van der Waals surface area (Å²) in [7, 11) is 0. The summed E-state index contributed by atoms with van der Waals surface area (Å²) in [5, 5.41) is 40.6. The Morgan fingerprint density at radius 2 is 1.28 bits per heavy atom. The molecule has 3 aromatic rings. The normalized spacial score (nSPS) is 18.7. The van der Waals surface area contributed by atoms with Crippen LogP contribution in [0.25, 0.3) is 0 Å². The quantitative estimate of drug-likeness (QED) is 0.133. The second-order valence-corrected chi connectivity index (χ2v) is 12.4. The number of aliphatic hydroxyl groups excluding tert-OH is 3.